The first kappa shape index (κ1) is 23.8. The molecule has 2 heterocycles. The van der Waals surface area contributed by atoms with Gasteiger partial charge in [0.15, 0.2) is 0 Å². The van der Waals surface area contributed by atoms with Gasteiger partial charge in [-0.1, -0.05) is 55.9 Å². The van der Waals surface area contributed by atoms with Crippen molar-refractivity contribution in [2.75, 3.05) is 6.54 Å². The summed E-state index contributed by atoms with van der Waals surface area (Å²) in [5.74, 6) is 0.218. The smallest absolute Gasteiger partial charge is 0.239 e. The van der Waals surface area contributed by atoms with E-state index >= 15 is 0 Å². The molecule has 0 bridgehead atoms. The number of rotatable bonds is 6. The van der Waals surface area contributed by atoms with Gasteiger partial charge in [0.25, 0.3) is 0 Å². The number of hydrogen-bond donors (Lipinski definition) is 2. The lowest BCUT2D eigenvalue weighted by atomic mass is 9.91. The third-order valence-electron chi connectivity index (χ3n) is 5.74. The van der Waals surface area contributed by atoms with Crippen LogP contribution in [0.15, 0.2) is 30.3 Å². The Hall–Kier alpha value is -1.86. The van der Waals surface area contributed by atoms with Crippen molar-refractivity contribution in [2.45, 2.75) is 82.8 Å². The van der Waals surface area contributed by atoms with Crippen molar-refractivity contribution in [1.82, 2.24) is 15.5 Å². The minimum atomic E-state index is -0.482. The molecule has 0 unspecified atom stereocenters. The number of nitrogens with zero attached hydrogens (tertiary/aromatic N) is 1. The zero-order chi connectivity index (χ0) is 22.8. The molecule has 2 saturated heterocycles. The lowest BCUT2D eigenvalue weighted by molar-refractivity contribution is -0.139. The first-order valence-corrected chi connectivity index (χ1v) is 12.1. The van der Waals surface area contributed by atoms with Crippen LogP contribution in [0.5, 0.6) is 0 Å². The summed E-state index contributed by atoms with van der Waals surface area (Å²) >= 11 is 1.25. The van der Waals surface area contributed by atoms with Gasteiger partial charge in [0.2, 0.25) is 16.9 Å². The molecule has 2 aliphatic heterocycles. The SMILES string of the molecule is CC(C)C[C@@H](SC(=O)c1ccccc1)[C@@H]1NC(=O)[C@@H]2CCCN2[C@H]1C(=O)NC(C)(C)C. The van der Waals surface area contributed by atoms with Crippen LogP contribution in [-0.2, 0) is 9.59 Å². The summed E-state index contributed by atoms with van der Waals surface area (Å²) in [6.45, 7) is 10.8. The van der Waals surface area contributed by atoms with Crippen LogP contribution in [0.3, 0.4) is 0 Å². The second-order valence-corrected chi connectivity index (χ2v) is 11.3. The molecule has 0 aromatic heterocycles. The summed E-state index contributed by atoms with van der Waals surface area (Å²) in [6, 6.07) is 8.03. The highest BCUT2D eigenvalue weighted by atomic mass is 32.2. The highest BCUT2D eigenvalue weighted by molar-refractivity contribution is 8.14. The van der Waals surface area contributed by atoms with Gasteiger partial charge >= 0.3 is 0 Å². The molecule has 170 valence electrons. The molecule has 7 heteroatoms. The van der Waals surface area contributed by atoms with E-state index in [0.29, 0.717) is 11.5 Å². The van der Waals surface area contributed by atoms with Crippen LogP contribution in [0.4, 0.5) is 0 Å². The molecule has 31 heavy (non-hydrogen) atoms. The van der Waals surface area contributed by atoms with E-state index in [1.807, 2.05) is 51.1 Å². The Morgan fingerprint density at radius 3 is 2.52 bits per heavy atom. The molecule has 2 fully saturated rings. The Kier molecular flexibility index (Phi) is 7.47. The van der Waals surface area contributed by atoms with Crippen molar-refractivity contribution in [1.29, 1.82) is 0 Å². The highest BCUT2D eigenvalue weighted by Gasteiger charge is 2.50. The number of hydrogen-bond acceptors (Lipinski definition) is 5. The Morgan fingerprint density at radius 1 is 1.23 bits per heavy atom. The standard InChI is InChI=1S/C24H35N3O3S/c1-15(2)14-18(31-23(30)16-10-7-6-8-11-16)19-20(22(29)26-24(3,4)5)27-13-9-12-17(27)21(28)25-19/h6-8,10-11,15,17-20H,9,12-14H2,1-5H3,(H,25,28)(H,26,29)/t17-,18+,19-,20+/m0/s1. The second kappa shape index (κ2) is 9.74. The molecule has 0 aliphatic carbocycles. The van der Waals surface area contributed by atoms with Crippen LogP contribution in [0, 0.1) is 5.92 Å². The molecule has 3 rings (SSSR count). The maximum absolute atomic E-state index is 13.4. The molecule has 2 aliphatic rings. The number of fused-ring (bicyclic) bond motifs is 1. The molecular weight excluding hydrogens is 410 g/mol. The van der Waals surface area contributed by atoms with Gasteiger partial charge in [-0.3, -0.25) is 19.3 Å². The van der Waals surface area contributed by atoms with E-state index in [1.165, 1.54) is 11.8 Å². The molecular formula is C24H35N3O3S. The molecule has 1 aromatic carbocycles. The fourth-order valence-electron chi connectivity index (χ4n) is 4.52. The molecule has 2 N–H and O–H groups in total. The van der Waals surface area contributed by atoms with E-state index < -0.39 is 12.1 Å². The van der Waals surface area contributed by atoms with Gasteiger partial charge in [-0.15, -0.1) is 0 Å². The van der Waals surface area contributed by atoms with E-state index in [1.54, 1.807) is 0 Å². The van der Waals surface area contributed by atoms with Gasteiger partial charge in [-0.05, 0) is 52.5 Å². The van der Waals surface area contributed by atoms with E-state index in [4.69, 9.17) is 0 Å². The second-order valence-electron chi connectivity index (χ2n) is 10.1. The molecule has 0 saturated carbocycles. The number of nitrogens with one attached hydrogen (secondary N) is 2. The van der Waals surface area contributed by atoms with Crippen LogP contribution in [-0.4, -0.2) is 57.3 Å². The first-order chi connectivity index (χ1) is 14.6. The lowest BCUT2D eigenvalue weighted by Gasteiger charge is -2.45. The summed E-state index contributed by atoms with van der Waals surface area (Å²) in [6.07, 6.45) is 2.39. The average Bonchev–Trinajstić information content (AvgIpc) is 3.16. The normalized spacial score (nSPS) is 25.1. The molecule has 0 radical (unpaired) electrons. The number of carbonyl (C=O) groups excluding carboxylic acids is 3. The van der Waals surface area contributed by atoms with Gasteiger partial charge in [0.05, 0.1) is 12.1 Å². The zero-order valence-corrected chi connectivity index (χ0v) is 20.0. The number of piperazine rings is 1. The van der Waals surface area contributed by atoms with Gasteiger partial charge in [0, 0.05) is 16.4 Å². The van der Waals surface area contributed by atoms with E-state index in [9.17, 15) is 14.4 Å². The lowest BCUT2D eigenvalue weighted by Crippen LogP contribution is -2.71. The minimum Gasteiger partial charge on any atom is -0.350 e. The molecule has 2 amide bonds. The molecule has 4 atom stereocenters. The van der Waals surface area contributed by atoms with Gasteiger partial charge in [-0.25, -0.2) is 0 Å². The number of carbonyl (C=O) groups is 3. The number of benzene rings is 1. The fraction of sp³-hybridized carbons (Fsp3) is 0.625. The fourth-order valence-corrected chi connectivity index (χ4v) is 5.91. The zero-order valence-electron chi connectivity index (χ0n) is 19.2. The van der Waals surface area contributed by atoms with E-state index in [-0.39, 0.29) is 33.8 Å². The third kappa shape index (κ3) is 5.89. The Balaban J connectivity index is 1.92. The highest BCUT2D eigenvalue weighted by Crippen LogP contribution is 2.34. The predicted octanol–water partition coefficient (Wildman–Crippen LogP) is 3.22. The summed E-state index contributed by atoms with van der Waals surface area (Å²) in [7, 11) is 0. The average molecular weight is 446 g/mol. The topological polar surface area (TPSA) is 78.5 Å². The minimum absolute atomic E-state index is 0.0242. The molecule has 0 spiro atoms. The third-order valence-corrected chi connectivity index (χ3v) is 6.98. The predicted molar refractivity (Wildman–Crippen MR) is 125 cm³/mol. The van der Waals surface area contributed by atoms with Crippen LogP contribution >= 0.6 is 11.8 Å². The van der Waals surface area contributed by atoms with E-state index in [0.717, 1.165) is 25.8 Å². The molecule has 1 aromatic rings. The summed E-state index contributed by atoms with van der Waals surface area (Å²) < 4.78 is 0. The van der Waals surface area contributed by atoms with Crippen LogP contribution in [0.2, 0.25) is 0 Å². The molecule has 6 nitrogen and oxygen atoms in total. The van der Waals surface area contributed by atoms with Crippen molar-refractivity contribution >= 4 is 28.7 Å². The van der Waals surface area contributed by atoms with Crippen LogP contribution in [0.25, 0.3) is 0 Å². The van der Waals surface area contributed by atoms with Gasteiger partial charge < -0.3 is 10.6 Å². The van der Waals surface area contributed by atoms with Crippen molar-refractivity contribution < 1.29 is 14.4 Å². The Labute approximate surface area is 189 Å². The summed E-state index contributed by atoms with van der Waals surface area (Å²) in [5.41, 5.74) is 0.261. The van der Waals surface area contributed by atoms with Crippen molar-refractivity contribution in [2.24, 2.45) is 5.92 Å². The van der Waals surface area contributed by atoms with Crippen molar-refractivity contribution in [3.63, 3.8) is 0 Å². The summed E-state index contributed by atoms with van der Waals surface area (Å²) in [5, 5.41) is 6.04. The number of amides is 2. The number of thioether (sulfide) groups is 1. The van der Waals surface area contributed by atoms with Crippen LogP contribution < -0.4 is 10.6 Å². The van der Waals surface area contributed by atoms with Crippen molar-refractivity contribution in [3.8, 4) is 0 Å². The maximum atomic E-state index is 13.4. The van der Waals surface area contributed by atoms with Gasteiger partial charge in [-0.2, -0.15) is 0 Å². The Morgan fingerprint density at radius 2 is 1.90 bits per heavy atom. The summed E-state index contributed by atoms with van der Waals surface area (Å²) in [4.78, 5) is 41.4. The van der Waals surface area contributed by atoms with E-state index in [2.05, 4.69) is 29.4 Å². The van der Waals surface area contributed by atoms with Crippen LogP contribution in [0.1, 0.15) is 64.2 Å². The quantitative estimate of drug-likeness (QED) is 0.703. The Bertz CT molecular complexity index is 806. The van der Waals surface area contributed by atoms with Gasteiger partial charge in [0.1, 0.15) is 6.04 Å². The maximum Gasteiger partial charge on any atom is 0.239 e. The largest absolute Gasteiger partial charge is 0.350 e. The monoisotopic (exact) mass is 445 g/mol. The first-order valence-electron chi connectivity index (χ1n) is 11.2. The van der Waals surface area contributed by atoms with Crippen molar-refractivity contribution in [3.05, 3.63) is 35.9 Å².